The zero-order valence-corrected chi connectivity index (χ0v) is 20.6. The number of benzene rings is 4. The normalized spacial score (nSPS) is 11.9. The van der Waals surface area contributed by atoms with E-state index < -0.39 is 11.9 Å². The van der Waals surface area contributed by atoms with Crippen LogP contribution in [-0.2, 0) is 22.6 Å². The Morgan fingerprint density at radius 1 is 0.946 bits per heavy atom. The Labute approximate surface area is 215 Å². The van der Waals surface area contributed by atoms with Crippen LogP contribution in [0.3, 0.4) is 0 Å². The minimum atomic E-state index is -0.841. The Morgan fingerprint density at radius 3 is 2.38 bits per heavy atom. The van der Waals surface area contributed by atoms with E-state index in [0.29, 0.717) is 35.0 Å². The maximum atomic E-state index is 14.3. The lowest BCUT2D eigenvalue weighted by Crippen LogP contribution is -2.19. The van der Waals surface area contributed by atoms with Gasteiger partial charge >= 0.3 is 5.97 Å². The molecule has 0 radical (unpaired) electrons. The lowest BCUT2D eigenvalue weighted by atomic mass is 9.92. The number of carbonyl (C=O) groups excluding carboxylic acids is 1. The summed E-state index contributed by atoms with van der Waals surface area (Å²) >= 11 is 0. The van der Waals surface area contributed by atoms with Crippen LogP contribution in [0, 0.1) is 5.82 Å². The predicted octanol–water partition coefficient (Wildman–Crippen LogP) is 5.84. The molecule has 7 heteroatoms. The third-order valence-electron chi connectivity index (χ3n) is 6.73. The number of carbonyl (C=O) groups is 2. The molecule has 4 aromatic rings. The molecule has 37 heavy (non-hydrogen) atoms. The number of amides is 1. The third-order valence-corrected chi connectivity index (χ3v) is 6.73. The number of nitrogen functional groups attached to an aromatic ring is 1. The Balaban J connectivity index is 1.64. The second kappa shape index (κ2) is 11.2. The van der Waals surface area contributed by atoms with E-state index >= 15 is 0 Å². The standard InChI is InChI=1S/C30H30FN3O3/c1-18(20-15-16-26(31)22-9-3-2-8-21(20)22)30(37)34-27-11-5-4-10-23(27)24-14-13-19(7-6-12-28(35)36)25(17-32)29(24)33/h2-5,8-11,13-16,18H,6-7,12,17,32-33H2,1H3,(H,34,37)(H,35,36). The number of nitrogens with one attached hydrogen (secondary N) is 1. The molecular weight excluding hydrogens is 469 g/mol. The first-order valence-electron chi connectivity index (χ1n) is 12.2. The van der Waals surface area contributed by atoms with Crippen LogP contribution < -0.4 is 16.8 Å². The maximum Gasteiger partial charge on any atom is 0.303 e. The highest BCUT2D eigenvalue weighted by atomic mass is 19.1. The van der Waals surface area contributed by atoms with Crippen LogP contribution in [0.1, 0.15) is 42.4 Å². The van der Waals surface area contributed by atoms with Gasteiger partial charge in [-0.2, -0.15) is 0 Å². The molecule has 6 N–H and O–H groups in total. The topological polar surface area (TPSA) is 118 Å². The number of hydrogen-bond donors (Lipinski definition) is 4. The summed E-state index contributed by atoms with van der Waals surface area (Å²) in [6.45, 7) is 2.01. The van der Waals surface area contributed by atoms with Gasteiger partial charge in [-0.1, -0.05) is 60.7 Å². The maximum absolute atomic E-state index is 14.3. The molecule has 4 aromatic carbocycles. The highest BCUT2D eigenvalue weighted by Crippen LogP contribution is 2.36. The number of para-hydroxylation sites is 1. The average molecular weight is 500 g/mol. The quantitative estimate of drug-likeness (QED) is 0.216. The van der Waals surface area contributed by atoms with E-state index in [9.17, 15) is 14.0 Å². The molecule has 0 fully saturated rings. The SMILES string of the molecule is CC(C(=O)Nc1ccccc1-c1ccc(CCCC(=O)O)c(CN)c1N)c1ccc(F)c2ccccc12. The molecule has 0 saturated carbocycles. The van der Waals surface area contributed by atoms with Crippen LogP contribution in [0.5, 0.6) is 0 Å². The molecule has 0 spiro atoms. The zero-order chi connectivity index (χ0) is 26.5. The molecule has 4 rings (SSSR count). The first-order chi connectivity index (χ1) is 17.8. The van der Waals surface area contributed by atoms with Gasteiger partial charge in [-0.15, -0.1) is 0 Å². The van der Waals surface area contributed by atoms with E-state index in [0.717, 1.165) is 27.8 Å². The van der Waals surface area contributed by atoms with Crippen LogP contribution in [-0.4, -0.2) is 17.0 Å². The van der Waals surface area contributed by atoms with Crippen molar-refractivity contribution >= 4 is 34.0 Å². The first-order valence-corrected chi connectivity index (χ1v) is 12.2. The smallest absolute Gasteiger partial charge is 0.303 e. The van der Waals surface area contributed by atoms with Gasteiger partial charge in [0.15, 0.2) is 0 Å². The van der Waals surface area contributed by atoms with Gasteiger partial charge in [0.25, 0.3) is 0 Å². The van der Waals surface area contributed by atoms with Crippen molar-refractivity contribution in [2.75, 3.05) is 11.1 Å². The van der Waals surface area contributed by atoms with Crippen LogP contribution >= 0.6 is 0 Å². The zero-order valence-electron chi connectivity index (χ0n) is 20.6. The van der Waals surface area contributed by atoms with Crippen molar-refractivity contribution in [2.45, 2.75) is 38.6 Å². The third kappa shape index (κ3) is 5.47. The minimum absolute atomic E-state index is 0.0715. The van der Waals surface area contributed by atoms with E-state index in [1.807, 2.05) is 48.5 Å². The number of aryl methyl sites for hydroxylation is 1. The van der Waals surface area contributed by atoms with Gasteiger partial charge < -0.3 is 21.9 Å². The molecule has 0 aliphatic carbocycles. The summed E-state index contributed by atoms with van der Waals surface area (Å²) in [6.07, 6.45) is 1.12. The van der Waals surface area contributed by atoms with Crippen molar-refractivity contribution in [2.24, 2.45) is 5.73 Å². The van der Waals surface area contributed by atoms with Gasteiger partial charge in [0.05, 0.1) is 5.92 Å². The molecule has 0 aromatic heterocycles. The Bertz CT molecular complexity index is 1470. The molecule has 190 valence electrons. The average Bonchev–Trinajstić information content (AvgIpc) is 2.89. The molecule has 0 aliphatic heterocycles. The summed E-state index contributed by atoms with van der Waals surface area (Å²) in [7, 11) is 0. The van der Waals surface area contributed by atoms with Gasteiger partial charge in [-0.3, -0.25) is 9.59 Å². The van der Waals surface area contributed by atoms with E-state index in [2.05, 4.69) is 5.32 Å². The number of nitrogens with two attached hydrogens (primary N) is 2. The second-order valence-corrected chi connectivity index (χ2v) is 9.05. The number of fused-ring (bicyclic) bond motifs is 1. The fourth-order valence-electron chi connectivity index (χ4n) is 4.72. The van der Waals surface area contributed by atoms with Crippen molar-refractivity contribution in [3.8, 4) is 11.1 Å². The fraction of sp³-hybridized carbons (Fsp3) is 0.200. The Hall–Kier alpha value is -4.23. The summed E-state index contributed by atoms with van der Waals surface area (Å²) in [6, 6.07) is 21.4. The fourth-order valence-corrected chi connectivity index (χ4v) is 4.72. The van der Waals surface area contributed by atoms with Crippen molar-refractivity contribution < 1.29 is 19.1 Å². The predicted molar refractivity (Wildman–Crippen MR) is 146 cm³/mol. The number of halogens is 1. The monoisotopic (exact) mass is 499 g/mol. The highest BCUT2D eigenvalue weighted by molar-refractivity contribution is 6.02. The number of rotatable bonds is 9. The van der Waals surface area contributed by atoms with Gasteiger partial charge in [0.2, 0.25) is 5.91 Å². The molecule has 0 saturated heterocycles. The molecule has 1 amide bonds. The van der Waals surface area contributed by atoms with Crippen LogP contribution in [0.4, 0.5) is 15.8 Å². The Kier molecular flexibility index (Phi) is 7.84. The number of hydrogen-bond acceptors (Lipinski definition) is 4. The summed E-state index contributed by atoms with van der Waals surface area (Å²) < 4.78 is 14.3. The number of carboxylic acids is 1. The summed E-state index contributed by atoms with van der Waals surface area (Å²) in [5.41, 5.74) is 17.6. The second-order valence-electron chi connectivity index (χ2n) is 9.05. The number of aliphatic carboxylic acids is 1. The molecule has 0 aliphatic rings. The van der Waals surface area contributed by atoms with Crippen LogP contribution in [0.15, 0.2) is 72.8 Å². The Morgan fingerprint density at radius 2 is 1.65 bits per heavy atom. The van der Waals surface area contributed by atoms with Gasteiger partial charge in [-0.25, -0.2) is 4.39 Å². The van der Waals surface area contributed by atoms with Gasteiger partial charge in [0, 0.05) is 40.9 Å². The molecular formula is C30H30FN3O3. The van der Waals surface area contributed by atoms with Crippen molar-refractivity contribution in [1.29, 1.82) is 0 Å². The molecule has 1 unspecified atom stereocenters. The van der Waals surface area contributed by atoms with E-state index in [1.165, 1.54) is 6.07 Å². The summed E-state index contributed by atoms with van der Waals surface area (Å²) in [4.78, 5) is 24.2. The first kappa shape index (κ1) is 25.9. The molecule has 1 atom stereocenters. The van der Waals surface area contributed by atoms with Crippen molar-refractivity contribution in [3.63, 3.8) is 0 Å². The highest BCUT2D eigenvalue weighted by Gasteiger charge is 2.21. The van der Waals surface area contributed by atoms with Crippen LogP contribution in [0.25, 0.3) is 21.9 Å². The van der Waals surface area contributed by atoms with E-state index in [4.69, 9.17) is 16.6 Å². The minimum Gasteiger partial charge on any atom is -0.481 e. The molecule has 6 nitrogen and oxygen atoms in total. The van der Waals surface area contributed by atoms with Crippen molar-refractivity contribution in [1.82, 2.24) is 0 Å². The largest absolute Gasteiger partial charge is 0.481 e. The molecule has 0 bridgehead atoms. The van der Waals surface area contributed by atoms with E-state index in [-0.39, 0.29) is 24.7 Å². The van der Waals surface area contributed by atoms with Gasteiger partial charge in [-0.05, 0) is 54.0 Å². The van der Waals surface area contributed by atoms with Crippen molar-refractivity contribution in [3.05, 3.63) is 95.3 Å². The molecule has 0 heterocycles. The number of anilines is 2. The number of carboxylic acid groups (broad SMARTS) is 1. The summed E-state index contributed by atoms with van der Waals surface area (Å²) in [5.74, 6) is -1.93. The van der Waals surface area contributed by atoms with E-state index in [1.54, 1.807) is 25.1 Å². The lowest BCUT2D eigenvalue weighted by Gasteiger charge is -2.19. The van der Waals surface area contributed by atoms with Crippen LogP contribution in [0.2, 0.25) is 0 Å². The summed E-state index contributed by atoms with van der Waals surface area (Å²) in [5, 5.41) is 13.2. The van der Waals surface area contributed by atoms with Gasteiger partial charge in [0.1, 0.15) is 5.82 Å². The lowest BCUT2D eigenvalue weighted by molar-refractivity contribution is -0.137.